The number of phenols is 1. The number of aromatic nitrogens is 1. The lowest BCUT2D eigenvalue weighted by atomic mass is 10.2. The zero-order valence-corrected chi connectivity index (χ0v) is 18.2. The Morgan fingerprint density at radius 1 is 1.23 bits per heavy atom. The van der Waals surface area contributed by atoms with Crippen molar-refractivity contribution in [3.05, 3.63) is 83.9 Å². The van der Waals surface area contributed by atoms with Gasteiger partial charge in [-0.05, 0) is 24.3 Å². The van der Waals surface area contributed by atoms with Crippen LogP contribution in [0, 0.1) is 10.1 Å². The summed E-state index contributed by atoms with van der Waals surface area (Å²) in [5.74, 6) is -0.542. The quantitative estimate of drug-likeness (QED) is 0.209. The van der Waals surface area contributed by atoms with E-state index >= 15 is 0 Å². The third kappa shape index (κ3) is 4.73. The molecule has 7 nitrogen and oxygen atoms in total. The Balaban J connectivity index is 2.17. The third-order valence-electron chi connectivity index (χ3n) is 3.84. The van der Waals surface area contributed by atoms with E-state index in [-0.39, 0.29) is 10.6 Å². The summed E-state index contributed by atoms with van der Waals surface area (Å²) < 4.78 is 1.51. The fourth-order valence-corrected chi connectivity index (χ4v) is 4.07. The molecule has 1 aromatic heterocycles. The van der Waals surface area contributed by atoms with Crippen LogP contribution in [0.4, 0.5) is 5.69 Å². The molecule has 0 unspecified atom stereocenters. The zero-order valence-electron chi connectivity index (χ0n) is 15.1. The molecule has 1 heterocycles. The second kappa shape index (κ2) is 9.44. The summed E-state index contributed by atoms with van der Waals surface area (Å²) in [7, 11) is 0. The molecule has 0 aliphatic rings. The van der Waals surface area contributed by atoms with Crippen molar-refractivity contribution in [2.24, 2.45) is 10.1 Å². The molecule has 0 aliphatic carbocycles. The summed E-state index contributed by atoms with van der Waals surface area (Å²) in [6.45, 7) is 4.01. The molecule has 0 spiro atoms. The standard InChI is InChI=1S/C19H13Cl3N4O3S/c1-2-5-23-19-25(17(10-30-19)14-4-3-12(20)7-15(14)22)24-9-11-6-13(21)8-16(18(11)27)26(28)29/h2-4,6-10,27H,1,5H2. The minimum absolute atomic E-state index is 0.0794. The number of phenolic OH excluding ortho intramolecular Hbond substituents is 1. The van der Waals surface area contributed by atoms with Crippen LogP contribution in [0.25, 0.3) is 11.3 Å². The largest absolute Gasteiger partial charge is 0.502 e. The summed E-state index contributed by atoms with van der Waals surface area (Å²) in [6, 6.07) is 7.49. The van der Waals surface area contributed by atoms with Gasteiger partial charge in [0.25, 0.3) is 0 Å². The summed E-state index contributed by atoms with van der Waals surface area (Å²) in [5, 5.41) is 28.5. The first-order chi connectivity index (χ1) is 14.3. The first kappa shape index (κ1) is 22.0. The van der Waals surface area contributed by atoms with Gasteiger partial charge in [-0.2, -0.15) is 5.10 Å². The van der Waals surface area contributed by atoms with Crippen molar-refractivity contribution in [3.8, 4) is 17.0 Å². The maximum absolute atomic E-state index is 11.1. The van der Waals surface area contributed by atoms with Gasteiger partial charge < -0.3 is 5.11 Å². The van der Waals surface area contributed by atoms with Crippen molar-refractivity contribution < 1.29 is 10.0 Å². The number of hydrogen-bond acceptors (Lipinski definition) is 6. The number of nitro groups is 1. The van der Waals surface area contributed by atoms with E-state index in [1.54, 1.807) is 24.3 Å². The van der Waals surface area contributed by atoms with Crippen LogP contribution in [-0.2, 0) is 0 Å². The Morgan fingerprint density at radius 3 is 2.67 bits per heavy atom. The summed E-state index contributed by atoms with van der Waals surface area (Å²) in [6.07, 6.45) is 2.90. The predicted octanol–water partition coefficient (Wildman–Crippen LogP) is 5.76. The van der Waals surface area contributed by atoms with Crippen LogP contribution in [-0.4, -0.2) is 27.5 Å². The van der Waals surface area contributed by atoms with E-state index in [9.17, 15) is 15.2 Å². The average molecular weight is 484 g/mol. The molecule has 3 rings (SSSR count). The van der Waals surface area contributed by atoms with Gasteiger partial charge in [0.05, 0.1) is 28.4 Å². The minimum atomic E-state index is -0.722. The van der Waals surface area contributed by atoms with Gasteiger partial charge in [0, 0.05) is 32.6 Å². The highest BCUT2D eigenvalue weighted by atomic mass is 35.5. The molecule has 11 heteroatoms. The number of aromatic hydroxyl groups is 1. The molecular formula is C19H13Cl3N4O3S. The third-order valence-corrected chi connectivity index (χ3v) is 5.46. The first-order valence-corrected chi connectivity index (χ1v) is 10.3. The van der Waals surface area contributed by atoms with Gasteiger partial charge in [-0.1, -0.05) is 40.9 Å². The summed E-state index contributed by atoms with van der Waals surface area (Å²) in [5.41, 5.74) is 0.847. The van der Waals surface area contributed by atoms with Gasteiger partial charge in [-0.25, -0.2) is 4.68 Å². The molecule has 0 amide bonds. The van der Waals surface area contributed by atoms with Gasteiger partial charge in [-0.3, -0.25) is 15.1 Å². The second-order valence-electron chi connectivity index (χ2n) is 5.83. The molecule has 0 bridgehead atoms. The van der Waals surface area contributed by atoms with Gasteiger partial charge in [0.15, 0.2) is 0 Å². The fourth-order valence-electron chi connectivity index (χ4n) is 2.51. The van der Waals surface area contributed by atoms with E-state index in [2.05, 4.69) is 16.7 Å². The van der Waals surface area contributed by atoms with E-state index in [0.717, 1.165) is 6.07 Å². The molecule has 0 saturated carbocycles. The molecule has 0 fully saturated rings. The van der Waals surface area contributed by atoms with Crippen LogP contribution in [0.1, 0.15) is 5.56 Å². The van der Waals surface area contributed by atoms with E-state index in [1.807, 2.05) is 5.38 Å². The Hall–Kier alpha value is -2.65. The summed E-state index contributed by atoms with van der Waals surface area (Å²) in [4.78, 5) is 15.3. The van der Waals surface area contributed by atoms with E-state index < -0.39 is 16.4 Å². The lowest BCUT2D eigenvalue weighted by Gasteiger charge is -2.07. The Labute approximate surface area is 190 Å². The minimum Gasteiger partial charge on any atom is -0.502 e. The maximum atomic E-state index is 11.1. The summed E-state index contributed by atoms with van der Waals surface area (Å²) >= 11 is 19.6. The van der Waals surface area contributed by atoms with Crippen LogP contribution in [0.5, 0.6) is 5.75 Å². The SMILES string of the molecule is C=CCN=c1scc(-c2ccc(Cl)cc2Cl)n1N=Cc1cc(Cl)cc([N+](=O)[O-])c1O. The molecule has 1 N–H and O–H groups in total. The number of nitrogens with zero attached hydrogens (tertiary/aromatic N) is 4. The van der Waals surface area contributed by atoms with Crippen molar-refractivity contribution in [1.82, 2.24) is 4.68 Å². The Morgan fingerprint density at radius 2 is 2.00 bits per heavy atom. The molecule has 2 aromatic carbocycles. The second-order valence-corrected chi connectivity index (χ2v) is 7.95. The van der Waals surface area contributed by atoms with Crippen molar-refractivity contribution in [2.75, 3.05) is 6.54 Å². The number of halogens is 3. The topological polar surface area (TPSA) is 93.0 Å². The Kier molecular flexibility index (Phi) is 6.94. The fraction of sp³-hybridized carbons (Fsp3) is 0.0526. The van der Waals surface area contributed by atoms with Crippen LogP contribution < -0.4 is 4.80 Å². The monoisotopic (exact) mass is 482 g/mol. The molecule has 0 saturated heterocycles. The average Bonchev–Trinajstić information content (AvgIpc) is 3.09. The van der Waals surface area contributed by atoms with Gasteiger partial charge in [0.1, 0.15) is 0 Å². The number of thiazole rings is 1. The van der Waals surface area contributed by atoms with Crippen LogP contribution in [0.2, 0.25) is 15.1 Å². The van der Waals surface area contributed by atoms with E-state index in [4.69, 9.17) is 34.8 Å². The highest BCUT2D eigenvalue weighted by molar-refractivity contribution is 7.07. The zero-order chi connectivity index (χ0) is 21.8. The van der Waals surface area contributed by atoms with Crippen LogP contribution in [0.15, 0.2) is 58.5 Å². The van der Waals surface area contributed by atoms with Crippen LogP contribution in [0.3, 0.4) is 0 Å². The molecule has 30 heavy (non-hydrogen) atoms. The number of benzene rings is 2. The molecule has 0 radical (unpaired) electrons. The maximum Gasteiger partial charge on any atom is 0.312 e. The van der Waals surface area contributed by atoms with Crippen molar-refractivity contribution in [3.63, 3.8) is 0 Å². The molecule has 154 valence electrons. The van der Waals surface area contributed by atoms with Gasteiger partial charge in [-0.15, -0.1) is 17.9 Å². The van der Waals surface area contributed by atoms with E-state index in [0.29, 0.717) is 32.6 Å². The highest BCUT2D eigenvalue weighted by Crippen LogP contribution is 2.33. The highest BCUT2D eigenvalue weighted by Gasteiger charge is 2.18. The van der Waals surface area contributed by atoms with Crippen molar-refractivity contribution in [1.29, 1.82) is 0 Å². The smallest absolute Gasteiger partial charge is 0.312 e. The Bertz CT molecular complexity index is 1230. The normalized spacial score (nSPS) is 11.9. The first-order valence-electron chi connectivity index (χ1n) is 8.30. The molecule has 0 atom stereocenters. The molecule has 3 aromatic rings. The number of nitro benzene ring substituents is 1. The lowest BCUT2D eigenvalue weighted by molar-refractivity contribution is -0.385. The van der Waals surface area contributed by atoms with Crippen molar-refractivity contribution in [2.45, 2.75) is 0 Å². The van der Waals surface area contributed by atoms with Crippen molar-refractivity contribution >= 4 is 58.0 Å². The van der Waals surface area contributed by atoms with Gasteiger partial charge >= 0.3 is 5.69 Å². The van der Waals surface area contributed by atoms with Crippen LogP contribution >= 0.6 is 46.1 Å². The number of hydrogen-bond donors (Lipinski definition) is 1. The lowest BCUT2D eigenvalue weighted by Crippen LogP contribution is -2.12. The number of rotatable bonds is 6. The molecule has 0 aliphatic heterocycles. The van der Waals surface area contributed by atoms with Gasteiger partial charge in [0.2, 0.25) is 10.6 Å². The van der Waals surface area contributed by atoms with E-state index in [1.165, 1.54) is 28.3 Å². The predicted molar refractivity (Wildman–Crippen MR) is 121 cm³/mol. The molecular weight excluding hydrogens is 471 g/mol.